The maximum absolute atomic E-state index is 12.6. The monoisotopic (exact) mass is 342 g/mol. The second-order valence-electron chi connectivity index (χ2n) is 2.81. The number of nitrogen functional groups attached to an aromatic ring is 1. The lowest BCUT2D eigenvalue weighted by Gasteiger charge is -2.10. The minimum Gasteiger partial charge on any atom is -0.462 e. The number of halogens is 3. The highest BCUT2D eigenvalue weighted by Crippen LogP contribution is 2.28. The normalized spacial score (nSPS) is 10.6. The number of alkyl halides is 2. The molecule has 0 bridgehead atoms. The molecule has 2 N–H and O–H groups in total. The van der Waals surface area contributed by atoms with Gasteiger partial charge in [0.2, 0.25) is 0 Å². The summed E-state index contributed by atoms with van der Waals surface area (Å²) in [6.45, 7) is 1.69. The van der Waals surface area contributed by atoms with Gasteiger partial charge in [-0.15, -0.1) is 0 Å². The van der Waals surface area contributed by atoms with E-state index in [1.54, 1.807) is 29.5 Å². The third kappa shape index (κ3) is 2.57. The zero-order valence-electron chi connectivity index (χ0n) is 8.34. The molecule has 0 spiro atoms. The standard InChI is InChI=1S/C9H9F2IN2O2/c1-2-16-9(15)5-6(12)4(13)3-14-7(5)8(10)11/h3,8H,2,13H2,1H3. The van der Waals surface area contributed by atoms with E-state index >= 15 is 0 Å². The van der Waals surface area contributed by atoms with Crippen molar-refractivity contribution < 1.29 is 18.3 Å². The molecule has 4 nitrogen and oxygen atoms in total. The zero-order valence-corrected chi connectivity index (χ0v) is 10.5. The number of carbonyl (C=O) groups excluding carboxylic acids is 1. The molecule has 0 unspecified atom stereocenters. The average molecular weight is 342 g/mol. The highest BCUT2D eigenvalue weighted by Gasteiger charge is 2.25. The summed E-state index contributed by atoms with van der Waals surface area (Å²) in [7, 11) is 0. The van der Waals surface area contributed by atoms with Crippen molar-refractivity contribution in [3.8, 4) is 0 Å². The van der Waals surface area contributed by atoms with Crippen LogP contribution in [0.5, 0.6) is 0 Å². The molecule has 0 aliphatic rings. The minimum atomic E-state index is -2.84. The Balaban J connectivity index is 3.31. The van der Waals surface area contributed by atoms with Crippen molar-refractivity contribution in [1.82, 2.24) is 4.98 Å². The summed E-state index contributed by atoms with van der Waals surface area (Å²) < 4.78 is 30.2. The van der Waals surface area contributed by atoms with Gasteiger partial charge >= 0.3 is 5.97 Å². The number of carbonyl (C=O) groups is 1. The molecule has 16 heavy (non-hydrogen) atoms. The quantitative estimate of drug-likeness (QED) is 0.677. The first-order valence-corrected chi connectivity index (χ1v) is 5.46. The van der Waals surface area contributed by atoms with Crippen molar-refractivity contribution in [2.45, 2.75) is 13.3 Å². The van der Waals surface area contributed by atoms with Crippen molar-refractivity contribution in [3.63, 3.8) is 0 Å². The van der Waals surface area contributed by atoms with Gasteiger partial charge in [0.1, 0.15) is 11.3 Å². The Bertz CT molecular complexity index is 413. The molecule has 0 aliphatic carbocycles. The fourth-order valence-electron chi connectivity index (χ4n) is 1.08. The summed E-state index contributed by atoms with van der Waals surface area (Å²) in [5.74, 6) is -0.831. The average Bonchev–Trinajstić information content (AvgIpc) is 2.21. The van der Waals surface area contributed by atoms with Crippen molar-refractivity contribution in [2.24, 2.45) is 0 Å². The van der Waals surface area contributed by atoms with Crippen molar-refractivity contribution >= 4 is 34.2 Å². The first-order valence-electron chi connectivity index (χ1n) is 4.38. The molecule has 0 radical (unpaired) electrons. The van der Waals surface area contributed by atoms with Crippen LogP contribution in [0.15, 0.2) is 6.20 Å². The summed E-state index contributed by atoms with van der Waals surface area (Å²) in [6.07, 6.45) is -1.74. The third-order valence-corrected chi connectivity index (χ3v) is 2.92. The molecule has 0 aromatic carbocycles. The van der Waals surface area contributed by atoms with E-state index in [1.807, 2.05) is 0 Å². The lowest BCUT2D eigenvalue weighted by atomic mass is 10.2. The second-order valence-corrected chi connectivity index (χ2v) is 3.89. The van der Waals surface area contributed by atoms with Gasteiger partial charge in [-0.2, -0.15) is 0 Å². The summed E-state index contributed by atoms with van der Waals surface area (Å²) in [5.41, 5.74) is 4.82. The predicted molar refractivity (Wildman–Crippen MR) is 62.3 cm³/mol. The largest absolute Gasteiger partial charge is 0.462 e. The van der Waals surface area contributed by atoms with E-state index in [-0.39, 0.29) is 21.4 Å². The number of nitrogens with two attached hydrogens (primary N) is 1. The van der Waals surface area contributed by atoms with Crippen LogP contribution in [0.4, 0.5) is 14.5 Å². The SMILES string of the molecule is CCOC(=O)c1c(C(F)F)ncc(N)c1I. The predicted octanol–water partition coefficient (Wildman–Crippen LogP) is 2.38. The fourth-order valence-corrected chi connectivity index (χ4v) is 1.72. The molecule has 0 fully saturated rings. The Morgan fingerprint density at radius 3 is 2.81 bits per heavy atom. The first-order chi connectivity index (χ1) is 7.49. The van der Waals surface area contributed by atoms with E-state index in [0.29, 0.717) is 0 Å². The molecule has 0 saturated heterocycles. The summed E-state index contributed by atoms with van der Waals surface area (Å²) in [5, 5.41) is 0. The molecule has 0 aliphatic heterocycles. The van der Waals surface area contributed by atoms with Crippen LogP contribution in [-0.2, 0) is 4.74 Å². The molecule has 1 rings (SSSR count). The highest BCUT2D eigenvalue weighted by molar-refractivity contribution is 14.1. The number of anilines is 1. The van der Waals surface area contributed by atoms with Crippen molar-refractivity contribution in [1.29, 1.82) is 0 Å². The number of nitrogens with zero attached hydrogens (tertiary/aromatic N) is 1. The highest BCUT2D eigenvalue weighted by atomic mass is 127. The van der Waals surface area contributed by atoms with Gasteiger partial charge in [0, 0.05) is 0 Å². The summed E-state index contributed by atoms with van der Waals surface area (Å²) in [4.78, 5) is 14.9. The molecule has 1 heterocycles. The van der Waals surface area contributed by atoms with E-state index in [0.717, 1.165) is 6.20 Å². The number of hydrogen-bond acceptors (Lipinski definition) is 4. The van der Waals surface area contributed by atoms with Crippen LogP contribution >= 0.6 is 22.6 Å². The number of pyridine rings is 1. The van der Waals surface area contributed by atoms with Crippen LogP contribution < -0.4 is 5.73 Å². The first kappa shape index (κ1) is 13.1. The lowest BCUT2D eigenvalue weighted by Crippen LogP contribution is -2.13. The Hall–Kier alpha value is -0.990. The van der Waals surface area contributed by atoms with Crippen LogP contribution in [0, 0.1) is 3.57 Å². The van der Waals surface area contributed by atoms with E-state index in [1.165, 1.54) is 0 Å². The zero-order chi connectivity index (χ0) is 12.3. The Labute approximate surface area is 104 Å². The summed E-state index contributed by atoms with van der Waals surface area (Å²) >= 11 is 1.72. The van der Waals surface area contributed by atoms with Crippen molar-refractivity contribution in [3.05, 3.63) is 21.0 Å². The third-order valence-electron chi connectivity index (χ3n) is 1.76. The van der Waals surface area contributed by atoms with Gasteiger partial charge in [-0.3, -0.25) is 4.98 Å². The molecule has 88 valence electrons. The number of hydrogen-bond donors (Lipinski definition) is 1. The van der Waals surface area contributed by atoms with Gasteiger partial charge in [-0.05, 0) is 29.5 Å². The number of esters is 1. The molecular formula is C9H9F2IN2O2. The molecule has 1 aromatic rings. The van der Waals surface area contributed by atoms with Crippen LogP contribution in [0.2, 0.25) is 0 Å². The maximum atomic E-state index is 12.6. The lowest BCUT2D eigenvalue weighted by molar-refractivity contribution is 0.0512. The molecular weight excluding hydrogens is 333 g/mol. The summed E-state index contributed by atoms with van der Waals surface area (Å²) in [6, 6.07) is 0. The van der Waals surface area contributed by atoms with Crippen LogP contribution in [0.3, 0.4) is 0 Å². The van der Waals surface area contributed by atoms with Gasteiger partial charge in [-0.1, -0.05) is 0 Å². The van der Waals surface area contributed by atoms with E-state index < -0.39 is 18.1 Å². The van der Waals surface area contributed by atoms with Crippen LogP contribution in [-0.4, -0.2) is 17.6 Å². The number of ether oxygens (including phenoxy) is 1. The molecule has 1 aromatic heterocycles. The smallest absolute Gasteiger partial charge is 0.341 e. The molecule has 0 saturated carbocycles. The minimum absolute atomic E-state index is 0.104. The Morgan fingerprint density at radius 1 is 1.69 bits per heavy atom. The van der Waals surface area contributed by atoms with E-state index in [9.17, 15) is 13.6 Å². The molecule has 0 atom stereocenters. The van der Waals surface area contributed by atoms with E-state index in [4.69, 9.17) is 5.73 Å². The Morgan fingerprint density at radius 2 is 2.31 bits per heavy atom. The van der Waals surface area contributed by atoms with Crippen LogP contribution in [0.25, 0.3) is 0 Å². The Kier molecular flexibility index (Phi) is 4.39. The second kappa shape index (κ2) is 5.37. The fraction of sp³-hybridized carbons (Fsp3) is 0.333. The topological polar surface area (TPSA) is 65.2 Å². The van der Waals surface area contributed by atoms with E-state index in [2.05, 4.69) is 9.72 Å². The molecule has 0 amide bonds. The van der Waals surface area contributed by atoms with Crippen molar-refractivity contribution in [2.75, 3.05) is 12.3 Å². The number of rotatable bonds is 3. The van der Waals surface area contributed by atoms with Gasteiger partial charge in [0.05, 0.1) is 22.1 Å². The van der Waals surface area contributed by atoms with Gasteiger partial charge in [0.25, 0.3) is 6.43 Å². The van der Waals surface area contributed by atoms with Gasteiger partial charge in [-0.25, -0.2) is 13.6 Å². The maximum Gasteiger partial charge on any atom is 0.341 e. The van der Waals surface area contributed by atoms with Gasteiger partial charge < -0.3 is 10.5 Å². The van der Waals surface area contributed by atoms with Crippen LogP contribution in [0.1, 0.15) is 29.4 Å². The van der Waals surface area contributed by atoms with Gasteiger partial charge in [0.15, 0.2) is 0 Å². The number of aromatic nitrogens is 1. The molecule has 7 heteroatoms.